The van der Waals surface area contributed by atoms with E-state index in [4.69, 9.17) is 10.2 Å². The number of carbonyl (C=O) groups excluding carboxylic acids is 1. The number of hydrogen-bond donors (Lipinski definition) is 3. The number of likely N-dealkylation sites (tertiary alicyclic amines) is 1. The van der Waals surface area contributed by atoms with Gasteiger partial charge >= 0.3 is 12.0 Å². The largest absolute Gasteiger partial charge is 0.481 e. The van der Waals surface area contributed by atoms with Crippen LogP contribution < -0.4 is 10.5 Å². The van der Waals surface area contributed by atoms with Crippen molar-refractivity contribution in [2.24, 2.45) is 11.1 Å². The van der Waals surface area contributed by atoms with Crippen LogP contribution in [-0.2, 0) is 14.8 Å². The van der Waals surface area contributed by atoms with Gasteiger partial charge in [0.05, 0.1) is 11.3 Å². The zero-order chi connectivity index (χ0) is 15.6. The van der Waals surface area contributed by atoms with Gasteiger partial charge in [0.15, 0.2) is 0 Å². The number of nitrogens with one attached hydrogen (secondary N) is 1. The minimum Gasteiger partial charge on any atom is -0.481 e. The highest BCUT2D eigenvalue weighted by Crippen LogP contribution is 2.20. The fourth-order valence-electron chi connectivity index (χ4n) is 2.04. The van der Waals surface area contributed by atoms with E-state index in [0.29, 0.717) is 18.8 Å². The summed E-state index contributed by atoms with van der Waals surface area (Å²) in [4.78, 5) is 23.8. The molecule has 2 rings (SSSR count). The third-order valence-electron chi connectivity index (χ3n) is 3.14. The number of primary sulfonamides is 1. The lowest BCUT2D eigenvalue weighted by Crippen LogP contribution is -2.52. The van der Waals surface area contributed by atoms with E-state index in [-0.39, 0.29) is 23.3 Å². The number of hydrogen-bond acceptors (Lipinski definition) is 4. The number of sulfonamides is 1. The molecule has 1 heterocycles. The minimum absolute atomic E-state index is 0.0157. The van der Waals surface area contributed by atoms with Gasteiger partial charge in [-0.05, 0) is 24.3 Å². The van der Waals surface area contributed by atoms with Crippen molar-refractivity contribution in [1.82, 2.24) is 4.90 Å². The summed E-state index contributed by atoms with van der Waals surface area (Å²) in [6.45, 7) is 0.792. The second kappa shape index (κ2) is 5.70. The smallest absolute Gasteiger partial charge is 0.321 e. The summed E-state index contributed by atoms with van der Waals surface area (Å²) in [6, 6.07) is 5.13. The average molecular weight is 313 g/mol. The first-order valence-corrected chi connectivity index (χ1v) is 7.71. The molecule has 114 valence electrons. The summed E-state index contributed by atoms with van der Waals surface area (Å²) in [7, 11) is -3.76. The van der Waals surface area contributed by atoms with E-state index >= 15 is 0 Å². The van der Waals surface area contributed by atoms with Crippen LogP contribution in [0.25, 0.3) is 0 Å². The number of nitrogens with two attached hydrogens (primary N) is 1. The highest BCUT2D eigenvalue weighted by atomic mass is 32.2. The Balaban J connectivity index is 1.88. The fraction of sp³-hybridized carbons (Fsp3) is 0.333. The third kappa shape index (κ3) is 3.92. The van der Waals surface area contributed by atoms with E-state index in [2.05, 4.69) is 5.32 Å². The van der Waals surface area contributed by atoms with E-state index in [0.717, 1.165) is 0 Å². The molecule has 0 saturated carbocycles. The van der Waals surface area contributed by atoms with Crippen LogP contribution in [0.5, 0.6) is 0 Å². The number of amides is 2. The minimum atomic E-state index is -3.76. The molecule has 1 aromatic rings. The van der Waals surface area contributed by atoms with E-state index in [1.165, 1.54) is 29.2 Å². The van der Waals surface area contributed by atoms with Crippen LogP contribution in [0.3, 0.4) is 0 Å². The molecule has 0 aromatic heterocycles. The molecule has 1 saturated heterocycles. The van der Waals surface area contributed by atoms with Gasteiger partial charge in [-0.2, -0.15) is 0 Å². The van der Waals surface area contributed by atoms with Crippen molar-refractivity contribution >= 4 is 27.7 Å². The second-order valence-corrected chi connectivity index (χ2v) is 6.43. The van der Waals surface area contributed by atoms with Gasteiger partial charge < -0.3 is 15.3 Å². The topological polar surface area (TPSA) is 130 Å². The molecule has 0 spiro atoms. The van der Waals surface area contributed by atoms with Crippen LogP contribution in [0.15, 0.2) is 29.2 Å². The molecule has 0 atom stereocenters. The monoisotopic (exact) mass is 313 g/mol. The van der Waals surface area contributed by atoms with E-state index in [1.54, 1.807) is 0 Å². The Morgan fingerprint density at radius 2 is 1.86 bits per heavy atom. The van der Waals surface area contributed by atoms with Crippen molar-refractivity contribution in [3.05, 3.63) is 24.3 Å². The summed E-state index contributed by atoms with van der Waals surface area (Å²) in [5.41, 5.74) is 0.439. The maximum atomic E-state index is 11.8. The van der Waals surface area contributed by atoms with Crippen molar-refractivity contribution in [1.29, 1.82) is 0 Å². The SMILES string of the molecule is NS(=O)(=O)c1ccc(NC(=O)N2CC(CC(=O)O)C2)cc1. The molecule has 1 aromatic carbocycles. The Bertz CT molecular complexity index is 650. The molecule has 8 nitrogen and oxygen atoms in total. The van der Waals surface area contributed by atoms with Crippen LogP contribution in [-0.4, -0.2) is 43.5 Å². The molecule has 0 unspecified atom stereocenters. The second-order valence-electron chi connectivity index (χ2n) is 4.87. The van der Waals surface area contributed by atoms with Gasteiger partial charge in [-0.15, -0.1) is 0 Å². The molecule has 1 aliphatic heterocycles. The summed E-state index contributed by atoms with van der Waals surface area (Å²) in [6.07, 6.45) is 0.0484. The lowest BCUT2D eigenvalue weighted by Gasteiger charge is -2.38. The van der Waals surface area contributed by atoms with Gasteiger partial charge in [-0.1, -0.05) is 0 Å². The third-order valence-corrected chi connectivity index (χ3v) is 4.07. The van der Waals surface area contributed by atoms with Crippen molar-refractivity contribution < 1.29 is 23.1 Å². The van der Waals surface area contributed by atoms with Crippen LogP contribution in [0.4, 0.5) is 10.5 Å². The molecule has 4 N–H and O–H groups in total. The number of rotatable bonds is 4. The maximum absolute atomic E-state index is 11.8. The quantitative estimate of drug-likeness (QED) is 0.734. The van der Waals surface area contributed by atoms with E-state index in [1.807, 2.05) is 0 Å². The number of carboxylic acid groups (broad SMARTS) is 1. The first-order valence-electron chi connectivity index (χ1n) is 6.16. The Morgan fingerprint density at radius 1 is 1.29 bits per heavy atom. The summed E-state index contributed by atoms with van der Waals surface area (Å²) in [5, 5.41) is 16.2. The molecule has 1 fully saturated rings. The zero-order valence-corrected chi connectivity index (χ0v) is 11.8. The van der Waals surface area contributed by atoms with Crippen molar-refractivity contribution in [3.63, 3.8) is 0 Å². The zero-order valence-electron chi connectivity index (χ0n) is 11.0. The van der Waals surface area contributed by atoms with E-state index < -0.39 is 16.0 Å². The number of benzene rings is 1. The van der Waals surface area contributed by atoms with Crippen LogP contribution in [0, 0.1) is 5.92 Å². The molecule has 21 heavy (non-hydrogen) atoms. The summed E-state index contributed by atoms with van der Waals surface area (Å²) in [5.74, 6) is -0.892. The normalized spacial score (nSPS) is 15.4. The predicted octanol–water partition coefficient (Wildman–Crippen LogP) is 0.272. The molecule has 0 radical (unpaired) electrons. The molecule has 0 aliphatic carbocycles. The van der Waals surface area contributed by atoms with Gasteiger partial charge in [-0.3, -0.25) is 4.79 Å². The molecule has 2 amide bonds. The van der Waals surface area contributed by atoms with Gasteiger partial charge in [0.2, 0.25) is 10.0 Å². The Morgan fingerprint density at radius 3 is 2.33 bits per heavy atom. The Hall–Kier alpha value is -2.13. The van der Waals surface area contributed by atoms with E-state index in [9.17, 15) is 18.0 Å². The highest BCUT2D eigenvalue weighted by molar-refractivity contribution is 7.89. The van der Waals surface area contributed by atoms with Gasteiger partial charge in [0.25, 0.3) is 0 Å². The standard InChI is InChI=1S/C12H15N3O5S/c13-21(19,20)10-3-1-9(2-4-10)14-12(18)15-6-8(7-15)5-11(16)17/h1-4,8H,5-7H2,(H,14,18)(H,16,17)(H2,13,19,20). The Labute approximate surface area is 121 Å². The fourth-order valence-corrected chi connectivity index (χ4v) is 2.56. The molecule has 1 aliphatic rings. The number of anilines is 1. The first-order chi connectivity index (χ1) is 9.75. The summed E-state index contributed by atoms with van der Waals surface area (Å²) >= 11 is 0. The lowest BCUT2D eigenvalue weighted by atomic mass is 9.97. The van der Waals surface area contributed by atoms with Crippen LogP contribution in [0.2, 0.25) is 0 Å². The van der Waals surface area contributed by atoms with Gasteiger partial charge in [0, 0.05) is 24.7 Å². The molecular formula is C12H15N3O5S. The number of carboxylic acids is 1. The van der Waals surface area contributed by atoms with Crippen molar-refractivity contribution in [2.75, 3.05) is 18.4 Å². The van der Waals surface area contributed by atoms with Crippen molar-refractivity contribution in [3.8, 4) is 0 Å². The molecular weight excluding hydrogens is 298 g/mol. The number of urea groups is 1. The first kappa shape index (κ1) is 15.3. The summed E-state index contributed by atoms with van der Waals surface area (Å²) < 4.78 is 22.2. The van der Waals surface area contributed by atoms with Crippen LogP contribution in [0.1, 0.15) is 6.42 Å². The lowest BCUT2D eigenvalue weighted by molar-refractivity contribution is -0.139. The number of aliphatic carboxylic acids is 1. The Kier molecular flexibility index (Phi) is 4.14. The van der Waals surface area contributed by atoms with Crippen LogP contribution >= 0.6 is 0 Å². The number of nitrogens with zero attached hydrogens (tertiary/aromatic N) is 1. The maximum Gasteiger partial charge on any atom is 0.321 e. The van der Waals surface area contributed by atoms with Gasteiger partial charge in [0.1, 0.15) is 0 Å². The predicted molar refractivity (Wildman–Crippen MR) is 74.1 cm³/mol. The number of carbonyl (C=O) groups is 2. The molecule has 0 bridgehead atoms. The van der Waals surface area contributed by atoms with Crippen molar-refractivity contribution in [2.45, 2.75) is 11.3 Å². The highest BCUT2D eigenvalue weighted by Gasteiger charge is 2.32. The van der Waals surface area contributed by atoms with Gasteiger partial charge in [-0.25, -0.2) is 18.4 Å². The average Bonchev–Trinajstić information content (AvgIpc) is 2.32. The molecule has 9 heteroatoms.